The number of rotatable bonds is 3. The summed E-state index contributed by atoms with van der Waals surface area (Å²) in [5, 5.41) is 11.2. The Bertz CT molecular complexity index is 1660. The third-order valence-corrected chi connectivity index (χ3v) is 6.17. The fourth-order valence-corrected chi connectivity index (χ4v) is 4.56. The minimum Gasteiger partial charge on any atom is -0.266 e. The van der Waals surface area contributed by atoms with E-state index in [9.17, 15) is 4.79 Å². The zero-order valence-electron chi connectivity index (χ0n) is 16.2. The Morgan fingerprint density at radius 3 is 2.55 bits per heavy atom. The second kappa shape index (κ2) is 7.00. The van der Waals surface area contributed by atoms with Crippen LogP contribution in [0.1, 0.15) is 5.56 Å². The molecular weight excluding hydrogens is 406 g/mol. The molecule has 6 nitrogen and oxygen atoms in total. The first-order valence-electron chi connectivity index (χ1n) is 9.75. The van der Waals surface area contributed by atoms with Crippen molar-refractivity contribution in [2.24, 2.45) is 0 Å². The topological polar surface area (TPSA) is 65.1 Å². The molecule has 0 N–H and O–H groups in total. The molecule has 0 amide bonds. The lowest BCUT2D eigenvalue weighted by molar-refractivity contribution is 0.884. The molecular formula is C24H15N5OS. The van der Waals surface area contributed by atoms with Gasteiger partial charge >= 0.3 is 0 Å². The molecule has 31 heavy (non-hydrogen) atoms. The van der Waals surface area contributed by atoms with Gasteiger partial charge in [0.2, 0.25) is 4.96 Å². The first kappa shape index (κ1) is 17.7. The summed E-state index contributed by atoms with van der Waals surface area (Å²) in [7, 11) is 0. The number of hydrogen-bond acceptors (Lipinski definition) is 5. The third-order valence-electron chi connectivity index (χ3n) is 5.19. The summed E-state index contributed by atoms with van der Waals surface area (Å²) in [5.41, 5.74) is 3.45. The standard InChI is InChI=1S/C24H15N5OS/c30-23-21(31-24-25-15-26-29(23)24)13-19-14-28(20-8-2-1-3-9-20)27-22(19)18-11-10-16-6-4-5-7-17(16)12-18/h1-15H. The molecule has 0 aliphatic rings. The maximum absolute atomic E-state index is 12.7. The van der Waals surface area contributed by atoms with E-state index in [2.05, 4.69) is 40.4 Å². The molecule has 0 aliphatic heterocycles. The Kier molecular flexibility index (Phi) is 4.00. The minimum absolute atomic E-state index is 0.172. The Morgan fingerprint density at radius 1 is 0.903 bits per heavy atom. The molecule has 148 valence electrons. The van der Waals surface area contributed by atoms with Crippen molar-refractivity contribution in [3.63, 3.8) is 0 Å². The lowest BCUT2D eigenvalue weighted by atomic mass is 10.0. The molecule has 7 heteroatoms. The van der Waals surface area contributed by atoms with E-state index in [1.54, 1.807) is 0 Å². The van der Waals surface area contributed by atoms with E-state index in [1.165, 1.54) is 27.6 Å². The van der Waals surface area contributed by atoms with E-state index >= 15 is 0 Å². The molecule has 0 fully saturated rings. The highest BCUT2D eigenvalue weighted by atomic mass is 32.1. The molecule has 0 atom stereocenters. The van der Waals surface area contributed by atoms with Crippen molar-refractivity contribution < 1.29 is 0 Å². The predicted octanol–water partition coefficient (Wildman–Crippen LogP) is 3.70. The number of aromatic nitrogens is 5. The SMILES string of the molecule is O=c1c(=Cc2cn(-c3ccccc3)nc2-c2ccc3ccccc3c2)sc2ncnn12. The quantitative estimate of drug-likeness (QED) is 0.437. The lowest BCUT2D eigenvalue weighted by Crippen LogP contribution is -2.23. The average molecular weight is 421 g/mol. The van der Waals surface area contributed by atoms with E-state index in [-0.39, 0.29) is 5.56 Å². The summed E-state index contributed by atoms with van der Waals surface area (Å²) in [6, 6.07) is 24.5. The minimum atomic E-state index is -0.172. The van der Waals surface area contributed by atoms with Crippen molar-refractivity contribution in [1.29, 1.82) is 0 Å². The highest BCUT2D eigenvalue weighted by Gasteiger charge is 2.13. The van der Waals surface area contributed by atoms with Crippen molar-refractivity contribution in [1.82, 2.24) is 24.4 Å². The van der Waals surface area contributed by atoms with Crippen LogP contribution in [0.5, 0.6) is 0 Å². The zero-order chi connectivity index (χ0) is 20.8. The zero-order valence-corrected chi connectivity index (χ0v) is 17.0. The molecule has 0 bridgehead atoms. The molecule has 0 aliphatic carbocycles. The van der Waals surface area contributed by atoms with Crippen LogP contribution in [0.2, 0.25) is 0 Å². The first-order chi connectivity index (χ1) is 15.3. The number of benzene rings is 3. The van der Waals surface area contributed by atoms with Crippen LogP contribution in [0.4, 0.5) is 0 Å². The van der Waals surface area contributed by atoms with Gasteiger partial charge in [-0.25, -0.2) is 9.67 Å². The summed E-state index contributed by atoms with van der Waals surface area (Å²) < 4.78 is 3.75. The van der Waals surface area contributed by atoms with Crippen LogP contribution in [0.3, 0.4) is 0 Å². The molecule has 0 radical (unpaired) electrons. The Hall–Kier alpha value is -4.10. The number of hydrogen-bond donors (Lipinski definition) is 0. The molecule has 0 spiro atoms. The summed E-state index contributed by atoms with van der Waals surface area (Å²) in [5.74, 6) is 0. The van der Waals surface area contributed by atoms with Gasteiger partial charge in [-0.05, 0) is 35.0 Å². The fourth-order valence-electron chi connectivity index (χ4n) is 3.69. The molecule has 6 rings (SSSR count). The molecule has 0 saturated heterocycles. The molecule has 3 aromatic heterocycles. The smallest absolute Gasteiger partial charge is 0.266 e. The monoisotopic (exact) mass is 421 g/mol. The third kappa shape index (κ3) is 3.03. The molecule has 6 aromatic rings. The van der Waals surface area contributed by atoms with Crippen molar-refractivity contribution in [2.75, 3.05) is 0 Å². The summed E-state index contributed by atoms with van der Waals surface area (Å²) in [4.78, 5) is 17.4. The van der Waals surface area contributed by atoms with Crippen LogP contribution in [-0.2, 0) is 0 Å². The second-order valence-corrected chi connectivity index (χ2v) is 8.15. The van der Waals surface area contributed by atoms with E-state index in [4.69, 9.17) is 5.10 Å². The van der Waals surface area contributed by atoms with Crippen LogP contribution in [0, 0.1) is 0 Å². The van der Waals surface area contributed by atoms with Crippen LogP contribution in [0.15, 0.2) is 90.1 Å². The predicted molar refractivity (Wildman–Crippen MR) is 122 cm³/mol. The van der Waals surface area contributed by atoms with Crippen molar-refractivity contribution >= 4 is 33.1 Å². The Balaban J connectivity index is 1.59. The van der Waals surface area contributed by atoms with Crippen LogP contribution in [-0.4, -0.2) is 24.4 Å². The second-order valence-electron chi connectivity index (χ2n) is 7.15. The van der Waals surface area contributed by atoms with Gasteiger partial charge in [-0.3, -0.25) is 4.79 Å². The van der Waals surface area contributed by atoms with Gasteiger partial charge in [-0.1, -0.05) is 65.9 Å². The Morgan fingerprint density at radius 2 is 1.71 bits per heavy atom. The van der Waals surface area contributed by atoms with E-state index in [0.717, 1.165) is 27.9 Å². The highest BCUT2D eigenvalue weighted by Crippen LogP contribution is 2.27. The van der Waals surface area contributed by atoms with Crippen LogP contribution >= 0.6 is 11.3 Å². The normalized spacial score (nSPS) is 12.2. The first-order valence-corrected chi connectivity index (χ1v) is 10.6. The van der Waals surface area contributed by atoms with E-state index in [1.807, 2.05) is 59.4 Å². The number of nitrogens with zero attached hydrogens (tertiary/aromatic N) is 5. The van der Waals surface area contributed by atoms with Crippen molar-refractivity contribution in [3.05, 3.63) is 106 Å². The van der Waals surface area contributed by atoms with Gasteiger partial charge in [0.25, 0.3) is 5.56 Å². The fraction of sp³-hybridized carbons (Fsp3) is 0. The number of fused-ring (bicyclic) bond motifs is 2. The lowest BCUT2D eigenvalue weighted by Gasteiger charge is -2.03. The Labute approximate surface area is 180 Å². The van der Waals surface area contributed by atoms with Gasteiger partial charge in [-0.2, -0.15) is 14.7 Å². The maximum atomic E-state index is 12.7. The van der Waals surface area contributed by atoms with E-state index in [0.29, 0.717) is 9.49 Å². The molecule has 0 unspecified atom stereocenters. The largest absolute Gasteiger partial charge is 0.291 e. The summed E-state index contributed by atoms with van der Waals surface area (Å²) in [6.45, 7) is 0. The maximum Gasteiger partial charge on any atom is 0.291 e. The van der Waals surface area contributed by atoms with Crippen LogP contribution < -0.4 is 10.1 Å². The van der Waals surface area contributed by atoms with Gasteiger partial charge in [-0.15, -0.1) is 0 Å². The molecule has 3 heterocycles. The summed E-state index contributed by atoms with van der Waals surface area (Å²) >= 11 is 1.32. The summed E-state index contributed by atoms with van der Waals surface area (Å²) in [6.07, 6.45) is 5.22. The van der Waals surface area contributed by atoms with Crippen molar-refractivity contribution in [2.45, 2.75) is 0 Å². The number of thiazole rings is 1. The van der Waals surface area contributed by atoms with Gasteiger partial charge in [0.15, 0.2) is 0 Å². The van der Waals surface area contributed by atoms with Crippen molar-refractivity contribution in [3.8, 4) is 16.9 Å². The average Bonchev–Trinajstić information content (AvgIpc) is 3.52. The van der Waals surface area contributed by atoms with Gasteiger partial charge in [0.05, 0.1) is 10.2 Å². The molecule has 3 aromatic carbocycles. The highest BCUT2D eigenvalue weighted by molar-refractivity contribution is 7.15. The number of para-hydroxylation sites is 1. The van der Waals surface area contributed by atoms with Crippen LogP contribution in [0.25, 0.3) is 38.8 Å². The van der Waals surface area contributed by atoms with Gasteiger partial charge < -0.3 is 0 Å². The van der Waals surface area contributed by atoms with Gasteiger partial charge in [0.1, 0.15) is 12.0 Å². The molecule has 0 saturated carbocycles. The van der Waals surface area contributed by atoms with E-state index < -0.39 is 0 Å². The van der Waals surface area contributed by atoms with Gasteiger partial charge in [0, 0.05) is 17.3 Å².